The number of benzene rings is 7. The Balaban J connectivity index is 1.42. The number of rotatable bonds is 0. The van der Waals surface area contributed by atoms with Crippen LogP contribution >= 0.6 is 0 Å². The van der Waals surface area contributed by atoms with Gasteiger partial charge in [-0.25, -0.2) is 9.97 Å². The quantitative estimate of drug-likeness (QED) is 0.145. The molecule has 0 saturated heterocycles. The second-order valence-electron chi connectivity index (χ2n) is 11.6. The summed E-state index contributed by atoms with van der Waals surface area (Å²) in [5.74, 6) is 0. The zero-order valence-corrected chi connectivity index (χ0v) is 22.1. The Morgan fingerprint density at radius 2 is 0.907 bits per heavy atom. The smallest absolute Gasteiger partial charge is 0.264 e. The minimum absolute atomic E-state index is 0.0811. The Labute approximate surface area is 237 Å². The van der Waals surface area contributed by atoms with Crippen molar-refractivity contribution in [2.75, 3.05) is 0 Å². The van der Waals surface area contributed by atoms with Crippen molar-refractivity contribution in [2.45, 2.75) is 0 Å². The van der Waals surface area contributed by atoms with Crippen LogP contribution in [0.15, 0.2) is 98.9 Å². The number of nitrogens with zero attached hydrogens (tertiary/aromatic N) is 4. The third kappa shape index (κ3) is 2.05. The molecule has 43 heavy (non-hydrogen) atoms. The molecule has 0 radical (unpaired) electrons. The molecule has 0 unspecified atom stereocenters. The largest absolute Gasteiger partial charge is 0.456 e. The molecule has 0 aliphatic heterocycles. The first-order valence-electron chi connectivity index (χ1n) is 14.2. The molecule has 7 heteroatoms. The highest BCUT2D eigenvalue weighted by Crippen LogP contribution is 2.50. The van der Waals surface area contributed by atoms with Crippen LogP contribution in [-0.4, -0.2) is 18.8 Å². The molecule has 0 fully saturated rings. The summed E-state index contributed by atoms with van der Waals surface area (Å²) < 4.78 is 10.1. The van der Waals surface area contributed by atoms with Crippen molar-refractivity contribution in [2.24, 2.45) is 0 Å². The van der Waals surface area contributed by atoms with Crippen LogP contribution in [-0.2, 0) is 0 Å². The Hall–Kier alpha value is -6.08. The Kier molecular flexibility index (Phi) is 3.07. The maximum Gasteiger partial charge on any atom is 0.264 e. The van der Waals surface area contributed by atoms with Crippen LogP contribution in [0, 0.1) is 0 Å². The fraction of sp³-hybridized carbons (Fsp3) is 0. The van der Waals surface area contributed by atoms with Crippen molar-refractivity contribution in [3.63, 3.8) is 0 Å². The van der Waals surface area contributed by atoms with Crippen molar-refractivity contribution in [3.05, 3.63) is 106 Å². The van der Waals surface area contributed by atoms with Crippen molar-refractivity contribution in [1.82, 2.24) is 18.8 Å². The number of para-hydroxylation sites is 4. The van der Waals surface area contributed by atoms with E-state index in [1.165, 1.54) is 0 Å². The molecule has 0 saturated carbocycles. The molecule has 12 rings (SSSR count). The average Bonchev–Trinajstić information content (AvgIpc) is 3.73. The molecule has 5 aromatic heterocycles. The zero-order valence-electron chi connectivity index (χ0n) is 22.1. The number of hydrogen-bond donors (Lipinski definition) is 0. The van der Waals surface area contributed by atoms with Crippen molar-refractivity contribution in [3.8, 4) is 0 Å². The number of hydrogen-bond acceptors (Lipinski definition) is 5. The summed E-state index contributed by atoms with van der Waals surface area (Å²) in [6.45, 7) is 0. The van der Waals surface area contributed by atoms with Gasteiger partial charge in [-0.1, -0.05) is 36.4 Å². The zero-order chi connectivity index (χ0) is 27.9. The number of pyridine rings is 2. The highest BCUT2D eigenvalue weighted by Gasteiger charge is 2.28. The molecule has 196 valence electrons. The van der Waals surface area contributed by atoms with E-state index >= 15 is 0 Å². The average molecular weight is 551 g/mol. The van der Waals surface area contributed by atoms with Gasteiger partial charge in [0, 0.05) is 53.9 Å². The highest BCUT2D eigenvalue weighted by molar-refractivity contribution is 6.45. The summed E-state index contributed by atoms with van der Waals surface area (Å²) >= 11 is 0. The van der Waals surface area contributed by atoms with E-state index in [2.05, 4.69) is 12.1 Å². The maximum atomic E-state index is 14.0. The summed E-state index contributed by atoms with van der Waals surface area (Å²) in [6.07, 6.45) is 0. The minimum atomic E-state index is -0.0811. The van der Waals surface area contributed by atoms with Gasteiger partial charge in [0.25, 0.3) is 11.1 Å². The maximum absolute atomic E-state index is 14.0. The lowest BCUT2D eigenvalue weighted by Crippen LogP contribution is -2.14. The molecular formula is C36H14N4O3. The molecule has 5 heterocycles. The molecule has 12 aromatic rings. The minimum Gasteiger partial charge on any atom is -0.456 e. The first-order valence-corrected chi connectivity index (χ1v) is 14.2. The normalized spacial score (nSPS) is 13.3. The Bertz CT molecular complexity index is 3110. The summed E-state index contributed by atoms with van der Waals surface area (Å²) in [4.78, 5) is 37.9. The third-order valence-corrected chi connectivity index (χ3v) is 9.72. The first-order chi connectivity index (χ1) is 21.2. The van der Waals surface area contributed by atoms with Gasteiger partial charge in [-0.2, -0.15) is 0 Å². The van der Waals surface area contributed by atoms with Gasteiger partial charge in [0.15, 0.2) is 0 Å². The number of fused-ring (bicyclic) bond motifs is 9. The molecule has 7 nitrogen and oxygen atoms in total. The SMILES string of the molecule is O=c1c2ccc3c4ccc5c(=O)n6c7ccccc7nc6c6cc7oc8cc(c2c3c8c7c4c56)c2nc3ccccc3n12. The molecule has 0 bridgehead atoms. The van der Waals surface area contributed by atoms with Gasteiger partial charge >= 0.3 is 0 Å². The highest BCUT2D eigenvalue weighted by atomic mass is 16.3. The van der Waals surface area contributed by atoms with Crippen LogP contribution in [0.25, 0.3) is 109 Å². The van der Waals surface area contributed by atoms with Crippen LogP contribution in [0.4, 0.5) is 0 Å². The van der Waals surface area contributed by atoms with E-state index in [-0.39, 0.29) is 11.1 Å². The van der Waals surface area contributed by atoms with E-state index in [1.807, 2.05) is 72.8 Å². The lowest BCUT2D eigenvalue weighted by molar-refractivity contribution is 0.670. The second kappa shape index (κ2) is 6.37. The lowest BCUT2D eigenvalue weighted by atomic mass is 9.86. The molecule has 0 aliphatic rings. The number of furan rings is 1. The van der Waals surface area contributed by atoms with E-state index < -0.39 is 0 Å². The number of imidazole rings is 2. The van der Waals surface area contributed by atoms with E-state index in [0.29, 0.717) is 22.1 Å². The van der Waals surface area contributed by atoms with E-state index in [0.717, 1.165) is 87.1 Å². The lowest BCUT2D eigenvalue weighted by Gasteiger charge is -2.16. The standard InChI is InChI=1S/C36H14N4O3/c41-35-17-11-9-15-16-10-12-18-28-20(34-38-22-6-2-4-8-24(22)40(34)36(18)42)14-26-32(30(16)28)31-25(43-26)13-19(27(17)29(15)31)33-37-21-5-1-3-7-23(21)39(33)35/h1-14H. The molecule has 0 amide bonds. The predicted octanol–water partition coefficient (Wildman–Crippen LogP) is 7.43. The molecular weight excluding hydrogens is 536 g/mol. The Morgan fingerprint density at radius 3 is 1.40 bits per heavy atom. The van der Waals surface area contributed by atoms with Crippen molar-refractivity contribution in [1.29, 1.82) is 0 Å². The fourth-order valence-electron chi connectivity index (χ4n) is 8.08. The van der Waals surface area contributed by atoms with Gasteiger partial charge in [0.2, 0.25) is 0 Å². The molecule has 0 N–H and O–H groups in total. The summed E-state index contributed by atoms with van der Waals surface area (Å²) in [6, 6.07) is 27.5. The fourth-order valence-corrected chi connectivity index (χ4v) is 8.08. The van der Waals surface area contributed by atoms with Crippen LogP contribution in [0.1, 0.15) is 0 Å². The molecule has 0 aliphatic carbocycles. The monoisotopic (exact) mass is 550 g/mol. The van der Waals surface area contributed by atoms with Gasteiger partial charge in [-0.15, -0.1) is 0 Å². The third-order valence-electron chi connectivity index (χ3n) is 9.72. The molecule has 0 atom stereocenters. The number of aromatic nitrogens is 4. The summed E-state index contributed by atoms with van der Waals surface area (Å²) in [7, 11) is 0. The van der Waals surface area contributed by atoms with Crippen LogP contribution in [0.5, 0.6) is 0 Å². The van der Waals surface area contributed by atoms with Gasteiger partial charge < -0.3 is 4.42 Å². The van der Waals surface area contributed by atoms with Gasteiger partial charge in [-0.05, 0) is 59.3 Å². The van der Waals surface area contributed by atoms with Crippen molar-refractivity contribution >= 4 is 109 Å². The molecule has 0 spiro atoms. The topological polar surface area (TPSA) is 81.9 Å². The van der Waals surface area contributed by atoms with Crippen LogP contribution in [0.2, 0.25) is 0 Å². The van der Waals surface area contributed by atoms with E-state index in [4.69, 9.17) is 14.4 Å². The molecule has 7 aromatic carbocycles. The van der Waals surface area contributed by atoms with Crippen molar-refractivity contribution < 1.29 is 4.42 Å². The Morgan fingerprint density at radius 1 is 0.465 bits per heavy atom. The summed E-state index contributed by atoms with van der Waals surface area (Å²) in [5, 5.41) is 10.9. The van der Waals surface area contributed by atoms with Gasteiger partial charge in [0.1, 0.15) is 22.5 Å². The first kappa shape index (κ1) is 20.7. The summed E-state index contributed by atoms with van der Waals surface area (Å²) in [5.41, 5.74) is 5.69. The predicted molar refractivity (Wildman–Crippen MR) is 171 cm³/mol. The second-order valence-corrected chi connectivity index (χ2v) is 11.6. The van der Waals surface area contributed by atoms with Crippen LogP contribution in [0.3, 0.4) is 0 Å². The van der Waals surface area contributed by atoms with Gasteiger partial charge in [-0.3, -0.25) is 18.4 Å². The van der Waals surface area contributed by atoms with E-state index in [9.17, 15) is 9.59 Å². The van der Waals surface area contributed by atoms with Crippen LogP contribution < -0.4 is 11.1 Å². The van der Waals surface area contributed by atoms with E-state index in [1.54, 1.807) is 8.80 Å². The van der Waals surface area contributed by atoms with Gasteiger partial charge in [0.05, 0.1) is 22.1 Å².